The van der Waals surface area contributed by atoms with Crippen molar-refractivity contribution in [1.82, 2.24) is 4.73 Å². The molecule has 4 heteroatoms. The van der Waals surface area contributed by atoms with Gasteiger partial charge in [-0.1, -0.05) is 44.0 Å². The maximum Gasteiger partial charge on any atom is 0.332 e. The van der Waals surface area contributed by atoms with Crippen LogP contribution in [0.3, 0.4) is 0 Å². The number of rotatable bonds is 5. The van der Waals surface area contributed by atoms with Crippen LogP contribution in [0.25, 0.3) is 21.8 Å². The smallest absolute Gasteiger partial charge is 0.332 e. The number of fused-ring (bicyclic) bond motifs is 2. The van der Waals surface area contributed by atoms with Crippen LogP contribution in [0.4, 0.5) is 0 Å². The van der Waals surface area contributed by atoms with E-state index in [9.17, 15) is 9.59 Å². The average Bonchev–Trinajstić information content (AvgIpc) is 2.59. The van der Waals surface area contributed by atoms with E-state index in [1.54, 1.807) is 24.3 Å². The van der Waals surface area contributed by atoms with Gasteiger partial charge in [0.15, 0.2) is 5.43 Å². The van der Waals surface area contributed by atoms with Crippen LogP contribution in [0, 0.1) is 0 Å². The van der Waals surface area contributed by atoms with Crippen molar-refractivity contribution in [3.05, 3.63) is 58.8 Å². The van der Waals surface area contributed by atoms with Gasteiger partial charge < -0.3 is 4.84 Å². The van der Waals surface area contributed by atoms with Gasteiger partial charge >= 0.3 is 5.97 Å². The summed E-state index contributed by atoms with van der Waals surface area (Å²) in [6.07, 6.45) is 3.24. The largest absolute Gasteiger partial charge is 0.336 e. The average molecular weight is 309 g/mol. The quantitative estimate of drug-likeness (QED) is 0.533. The highest BCUT2D eigenvalue weighted by Crippen LogP contribution is 2.18. The van der Waals surface area contributed by atoms with Gasteiger partial charge in [-0.15, -0.1) is 0 Å². The molecule has 0 saturated carbocycles. The Kier molecular flexibility index (Phi) is 4.42. The first kappa shape index (κ1) is 15.3. The van der Waals surface area contributed by atoms with E-state index >= 15 is 0 Å². The molecular formula is C19H19NO3. The van der Waals surface area contributed by atoms with Crippen LogP contribution in [0.5, 0.6) is 0 Å². The van der Waals surface area contributed by atoms with Crippen molar-refractivity contribution < 1.29 is 9.63 Å². The lowest BCUT2D eigenvalue weighted by molar-refractivity contribution is -0.143. The normalized spacial score (nSPS) is 11.0. The molecule has 0 aliphatic heterocycles. The molecule has 0 bridgehead atoms. The van der Waals surface area contributed by atoms with Crippen LogP contribution in [0.15, 0.2) is 53.3 Å². The summed E-state index contributed by atoms with van der Waals surface area (Å²) in [5.74, 6) is -0.280. The van der Waals surface area contributed by atoms with Crippen LogP contribution in [-0.2, 0) is 4.79 Å². The minimum Gasteiger partial charge on any atom is -0.336 e. The van der Waals surface area contributed by atoms with Gasteiger partial charge in [0.05, 0.1) is 11.0 Å². The van der Waals surface area contributed by atoms with Crippen molar-refractivity contribution in [3.8, 4) is 0 Å². The Hall–Kier alpha value is -2.62. The van der Waals surface area contributed by atoms with Crippen molar-refractivity contribution >= 4 is 27.8 Å². The van der Waals surface area contributed by atoms with Gasteiger partial charge in [0.1, 0.15) is 0 Å². The highest BCUT2D eigenvalue weighted by Gasteiger charge is 2.13. The zero-order valence-electron chi connectivity index (χ0n) is 13.1. The number of hydrogen-bond acceptors (Lipinski definition) is 3. The molecule has 3 aromatic rings. The van der Waals surface area contributed by atoms with Crippen molar-refractivity contribution in [2.24, 2.45) is 0 Å². The Bertz CT molecular complexity index is 851. The summed E-state index contributed by atoms with van der Waals surface area (Å²) in [7, 11) is 0. The maximum absolute atomic E-state index is 12.6. The van der Waals surface area contributed by atoms with Gasteiger partial charge in [0, 0.05) is 17.2 Å². The molecule has 0 aliphatic carbocycles. The van der Waals surface area contributed by atoms with Gasteiger partial charge in [-0.25, -0.2) is 4.79 Å². The number of pyridine rings is 1. The number of carbonyl (C=O) groups is 1. The van der Waals surface area contributed by atoms with E-state index in [0.29, 0.717) is 28.2 Å². The Balaban J connectivity index is 2.11. The fourth-order valence-electron chi connectivity index (χ4n) is 2.73. The Morgan fingerprint density at radius 2 is 1.52 bits per heavy atom. The molecule has 0 saturated heterocycles. The number of para-hydroxylation sites is 2. The number of carbonyl (C=O) groups excluding carboxylic acids is 1. The van der Waals surface area contributed by atoms with Crippen LogP contribution >= 0.6 is 0 Å². The molecule has 118 valence electrons. The van der Waals surface area contributed by atoms with E-state index in [4.69, 9.17) is 4.84 Å². The van der Waals surface area contributed by atoms with Crippen molar-refractivity contribution in [2.75, 3.05) is 0 Å². The second kappa shape index (κ2) is 6.65. The van der Waals surface area contributed by atoms with E-state index in [0.717, 1.165) is 19.3 Å². The van der Waals surface area contributed by atoms with E-state index in [-0.39, 0.29) is 11.4 Å². The summed E-state index contributed by atoms with van der Waals surface area (Å²) < 4.78 is 1.49. The summed E-state index contributed by atoms with van der Waals surface area (Å²) in [5, 5.41) is 1.10. The Morgan fingerprint density at radius 1 is 0.957 bits per heavy atom. The van der Waals surface area contributed by atoms with Crippen LogP contribution in [-0.4, -0.2) is 10.7 Å². The Morgan fingerprint density at radius 3 is 2.09 bits per heavy atom. The number of aromatic nitrogens is 1. The molecule has 0 amide bonds. The third-order valence-corrected chi connectivity index (χ3v) is 3.91. The molecule has 3 rings (SSSR count). The zero-order chi connectivity index (χ0) is 16.2. The number of nitrogens with zero attached hydrogens (tertiary/aromatic N) is 1. The van der Waals surface area contributed by atoms with Crippen LogP contribution in [0.1, 0.15) is 32.6 Å². The first-order valence-electron chi connectivity index (χ1n) is 7.96. The summed E-state index contributed by atoms with van der Waals surface area (Å²) in [4.78, 5) is 30.3. The van der Waals surface area contributed by atoms with Gasteiger partial charge in [0.25, 0.3) is 0 Å². The lowest BCUT2D eigenvalue weighted by atomic mass is 10.1. The van der Waals surface area contributed by atoms with Crippen LogP contribution < -0.4 is 10.3 Å². The first-order valence-corrected chi connectivity index (χ1v) is 7.96. The molecule has 2 aromatic carbocycles. The molecule has 4 nitrogen and oxygen atoms in total. The van der Waals surface area contributed by atoms with E-state index in [1.807, 2.05) is 24.3 Å². The summed E-state index contributed by atoms with van der Waals surface area (Å²) in [5.41, 5.74) is 1.18. The van der Waals surface area contributed by atoms with Gasteiger partial charge in [-0.2, -0.15) is 4.73 Å². The maximum atomic E-state index is 12.6. The standard InChI is InChI=1S/C19H19NO3/c1-2-3-4-13-18(21)23-20-16-11-7-5-9-14(16)19(22)15-10-6-8-12-17(15)20/h5-12H,2-4,13H2,1H3. The molecule has 0 unspecified atom stereocenters. The topological polar surface area (TPSA) is 48.3 Å². The molecular weight excluding hydrogens is 290 g/mol. The number of hydrogen-bond donors (Lipinski definition) is 0. The van der Waals surface area contributed by atoms with E-state index in [2.05, 4.69) is 6.92 Å². The SMILES string of the molecule is CCCCCC(=O)On1c2ccccc2c(=O)c2ccccc21. The van der Waals surface area contributed by atoms with Gasteiger partial charge in [-0.3, -0.25) is 4.79 Å². The molecule has 1 heterocycles. The summed E-state index contributed by atoms with van der Waals surface area (Å²) in [6, 6.07) is 14.4. The minimum absolute atomic E-state index is 0.0468. The third kappa shape index (κ3) is 2.97. The highest BCUT2D eigenvalue weighted by atomic mass is 16.7. The van der Waals surface area contributed by atoms with Crippen molar-refractivity contribution in [3.63, 3.8) is 0 Å². The molecule has 0 aliphatic rings. The molecule has 23 heavy (non-hydrogen) atoms. The second-order valence-corrected chi connectivity index (χ2v) is 5.58. The predicted octanol–water partition coefficient (Wildman–Crippen LogP) is 3.69. The fraction of sp³-hybridized carbons (Fsp3) is 0.263. The fourth-order valence-corrected chi connectivity index (χ4v) is 2.73. The third-order valence-electron chi connectivity index (χ3n) is 3.91. The summed E-state index contributed by atoms with van der Waals surface area (Å²) >= 11 is 0. The lowest BCUT2D eigenvalue weighted by Gasteiger charge is -2.14. The van der Waals surface area contributed by atoms with Crippen molar-refractivity contribution in [1.29, 1.82) is 0 Å². The number of unbranched alkanes of at least 4 members (excludes halogenated alkanes) is 2. The second-order valence-electron chi connectivity index (χ2n) is 5.58. The molecule has 0 atom stereocenters. The number of benzene rings is 2. The summed E-state index contributed by atoms with van der Waals surface area (Å²) in [6.45, 7) is 2.09. The Labute approximate surface area is 134 Å². The van der Waals surface area contributed by atoms with E-state index < -0.39 is 0 Å². The molecule has 0 radical (unpaired) electrons. The first-order chi connectivity index (χ1) is 11.2. The molecule has 0 fully saturated rings. The van der Waals surface area contributed by atoms with Gasteiger partial charge in [0.2, 0.25) is 0 Å². The predicted molar refractivity (Wildman–Crippen MR) is 91.4 cm³/mol. The zero-order valence-corrected chi connectivity index (χ0v) is 13.1. The van der Waals surface area contributed by atoms with Crippen molar-refractivity contribution in [2.45, 2.75) is 32.6 Å². The molecule has 0 spiro atoms. The van der Waals surface area contributed by atoms with Crippen LogP contribution in [0.2, 0.25) is 0 Å². The van der Waals surface area contributed by atoms with Gasteiger partial charge in [-0.05, 0) is 30.7 Å². The monoisotopic (exact) mass is 309 g/mol. The van der Waals surface area contributed by atoms with E-state index in [1.165, 1.54) is 4.73 Å². The molecule has 0 N–H and O–H groups in total. The molecule has 1 aromatic heterocycles. The minimum atomic E-state index is -0.280. The highest BCUT2D eigenvalue weighted by molar-refractivity contribution is 5.93. The lowest BCUT2D eigenvalue weighted by Crippen LogP contribution is -2.23.